The number of ether oxygens (including phenoxy) is 1. The molecule has 0 bridgehead atoms. The summed E-state index contributed by atoms with van der Waals surface area (Å²) in [4.78, 5) is 25.7. The van der Waals surface area contributed by atoms with Crippen molar-refractivity contribution >= 4 is 12.0 Å². The van der Waals surface area contributed by atoms with Crippen LogP contribution in [0.3, 0.4) is 0 Å². The minimum absolute atomic E-state index is 0.00957. The second kappa shape index (κ2) is 7.47. The third-order valence-corrected chi connectivity index (χ3v) is 3.94. The molecule has 114 valence electrons. The van der Waals surface area contributed by atoms with Gasteiger partial charge in [-0.2, -0.15) is 0 Å². The number of nitrogens with one attached hydrogen (secondary N) is 2. The fourth-order valence-corrected chi connectivity index (χ4v) is 2.92. The van der Waals surface area contributed by atoms with Crippen molar-refractivity contribution in [1.82, 2.24) is 15.5 Å². The molecule has 20 heavy (non-hydrogen) atoms. The number of carbonyl (C=O) groups excluding carboxylic acids is 2. The van der Waals surface area contributed by atoms with E-state index in [-0.39, 0.29) is 24.1 Å². The first-order chi connectivity index (χ1) is 9.70. The smallest absolute Gasteiger partial charge is 0.407 e. The third-order valence-electron chi connectivity index (χ3n) is 3.94. The van der Waals surface area contributed by atoms with Crippen molar-refractivity contribution in [2.45, 2.75) is 51.1 Å². The SMILES string of the molecule is CCOC(=O)NC1CCCN(C(=O)[C@@H]2CCCCN2)C1. The van der Waals surface area contributed by atoms with Crippen LogP contribution in [-0.2, 0) is 9.53 Å². The Labute approximate surface area is 120 Å². The second-order valence-electron chi connectivity index (χ2n) is 5.49. The topological polar surface area (TPSA) is 70.7 Å². The maximum atomic E-state index is 12.4. The molecule has 2 rings (SSSR count). The van der Waals surface area contributed by atoms with Crippen molar-refractivity contribution < 1.29 is 14.3 Å². The predicted molar refractivity (Wildman–Crippen MR) is 75.4 cm³/mol. The highest BCUT2D eigenvalue weighted by atomic mass is 16.5. The maximum Gasteiger partial charge on any atom is 0.407 e. The molecule has 1 unspecified atom stereocenters. The molecule has 0 spiro atoms. The van der Waals surface area contributed by atoms with Crippen LogP contribution in [0.25, 0.3) is 0 Å². The molecule has 2 fully saturated rings. The number of alkyl carbamates (subject to hydrolysis) is 1. The quantitative estimate of drug-likeness (QED) is 0.806. The second-order valence-corrected chi connectivity index (χ2v) is 5.49. The van der Waals surface area contributed by atoms with Crippen LogP contribution >= 0.6 is 0 Å². The predicted octanol–water partition coefficient (Wildman–Crippen LogP) is 0.866. The molecule has 2 aliphatic heterocycles. The molecular formula is C14H25N3O3. The lowest BCUT2D eigenvalue weighted by Gasteiger charge is -2.36. The van der Waals surface area contributed by atoms with Crippen molar-refractivity contribution in [1.29, 1.82) is 0 Å². The molecule has 0 aromatic carbocycles. The summed E-state index contributed by atoms with van der Waals surface area (Å²) < 4.78 is 4.89. The average Bonchev–Trinajstić information content (AvgIpc) is 2.48. The van der Waals surface area contributed by atoms with Gasteiger partial charge in [0.2, 0.25) is 5.91 Å². The molecule has 6 nitrogen and oxygen atoms in total. The van der Waals surface area contributed by atoms with Crippen molar-refractivity contribution in [3.8, 4) is 0 Å². The summed E-state index contributed by atoms with van der Waals surface area (Å²) in [7, 11) is 0. The zero-order chi connectivity index (χ0) is 14.4. The van der Waals surface area contributed by atoms with Gasteiger partial charge in [-0.05, 0) is 39.2 Å². The monoisotopic (exact) mass is 283 g/mol. The molecule has 0 radical (unpaired) electrons. The van der Waals surface area contributed by atoms with Gasteiger partial charge >= 0.3 is 6.09 Å². The summed E-state index contributed by atoms with van der Waals surface area (Å²) in [6.07, 6.45) is 4.63. The lowest BCUT2D eigenvalue weighted by Crippen LogP contribution is -2.55. The first-order valence-electron chi connectivity index (χ1n) is 7.66. The van der Waals surface area contributed by atoms with Gasteiger partial charge < -0.3 is 20.3 Å². The van der Waals surface area contributed by atoms with Crippen LogP contribution in [0.5, 0.6) is 0 Å². The first kappa shape index (κ1) is 15.1. The Morgan fingerprint density at radius 2 is 2.15 bits per heavy atom. The summed E-state index contributed by atoms with van der Waals surface area (Å²) in [5.41, 5.74) is 0. The summed E-state index contributed by atoms with van der Waals surface area (Å²) in [6.45, 7) is 4.46. The fraction of sp³-hybridized carbons (Fsp3) is 0.857. The van der Waals surface area contributed by atoms with E-state index < -0.39 is 0 Å². The van der Waals surface area contributed by atoms with Crippen molar-refractivity contribution in [3.05, 3.63) is 0 Å². The highest BCUT2D eigenvalue weighted by Gasteiger charge is 2.30. The number of nitrogens with zero attached hydrogens (tertiary/aromatic N) is 1. The van der Waals surface area contributed by atoms with Gasteiger partial charge in [0.05, 0.1) is 12.6 Å². The van der Waals surface area contributed by atoms with E-state index in [9.17, 15) is 9.59 Å². The Morgan fingerprint density at radius 3 is 2.85 bits per heavy atom. The normalized spacial score (nSPS) is 26.9. The van der Waals surface area contributed by atoms with Gasteiger partial charge in [0, 0.05) is 19.1 Å². The number of amides is 2. The Balaban J connectivity index is 1.82. The number of hydrogen-bond acceptors (Lipinski definition) is 4. The molecular weight excluding hydrogens is 258 g/mol. The molecule has 2 aliphatic rings. The molecule has 0 aromatic heterocycles. The molecule has 6 heteroatoms. The zero-order valence-corrected chi connectivity index (χ0v) is 12.2. The number of rotatable bonds is 3. The van der Waals surface area contributed by atoms with Gasteiger partial charge in [-0.1, -0.05) is 6.42 Å². The zero-order valence-electron chi connectivity index (χ0n) is 12.2. The Kier molecular flexibility index (Phi) is 5.64. The van der Waals surface area contributed by atoms with Gasteiger partial charge in [0.1, 0.15) is 0 Å². The minimum atomic E-state index is -0.386. The van der Waals surface area contributed by atoms with Crippen LogP contribution in [0.4, 0.5) is 4.79 Å². The molecule has 2 heterocycles. The first-order valence-corrected chi connectivity index (χ1v) is 7.66. The van der Waals surface area contributed by atoms with Crippen molar-refractivity contribution in [2.75, 3.05) is 26.2 Å². The largest absolute Gasteiger partial charge is 0.450 e. The number of carbonyl (C=O) groups is 2. The molecule has 2 N–H and O–H groups in total. The van der Waals surface area contributed by atoms with Gasteiger partial charge in [-0.25, -0.2) is 4.79 Å². The minimum Gasteiger partial charge on any atom is -0.450 e. The van der Waals surface area contributed by atoms with E-state index in [1.807, 2.05) is 4.90 Å². The van der Waals surface area contributed by atoms with Gasteiger partial charge in [0.15, 0.2) is 0 Å². The highest BCUT2D eigenvalue weighted by molar-refractivity contribution is 5.82. The van der Waals surface area contributed by atoms with Gasteiger partial charge in [0.25, 0.3) is 0 Å². The molecule has 0 saturated carbocycles. The van der Waals surface area contributed by atoms with E-state index in [4.69, 9.17) is 4.74 Å². The van der Waals surface area contributed by atoms with E-state index in [1.54, 1.807) is 6.92 Å². The Morgan fingerprint density at radius 1 is 1.30 bits per heavy atom. The van der Waals surface area contributed by atoms with Crippen molar-refractivity contribution in [3.63, 3.8) is 0 Å². The van der Waals surface area contributed by atoms with Gasteiger partial charge in [-0.3, -0.25) is 4.79 Å². The number of hydrogen-bond donors (Lipinski definition) is 2. The summed E-state index contributed by atoms with van der Waals surface area (Å²) in [5.74, 6) is 0.181. The van der Waals surface area contributed by atoms with Crippen LogP contribution in [0.15, 0.2) is 0 Å². The van der Waals surface area contributed by atoms with E-state index in [1.165, 1.54) is 0 Å². The van der Waals surface area contributed by atoms with Crippen LogP contribution in [0.1, 0.15) is 39.0 Å². The average molecular weight is 283 g/mol. The molecule has 0 aromatic rings. The standard InChI is InChI=1S/C14H25N3O3/c1-2-20-14(19)16-11-6-5-9-17(10-11)13(18)12-7-3-4-8-15-12/h11-12,15H,2-10H2,1H3,(H,16,19)/t11?,12-/m0/s1. The third kappa shape index (κ3) is 4.10. The molecule has 2 amide bonds. The van der Waals surface area contributed by atoms with E-state index in [0.717, 1.165) is 45.2 Å². The summed E-state index contributed by atoms with van der Waals surface area (Å²) in [5, 5.41) is 6.12. The van der Waals surface area contributed by atoms with E-state index in [0.29, 0.717) is 13.2 Å². The fourth-order valence-electron chi connectivity index (χ4n) is 2.92. The number of piperidine rings is 2. The maximum absolute atomic E-state index is 12.4. The lowest BCUT2D eigenvalue weighted by molar-refractivity contribution is -0.135. The number of likely N-dealkylation sites (tertiary alicyclic amines) is 1. The molecule has 2 atom stereocenters. The van der Waals surface area contributed by atoms with Gasteiger partial charge in [-0.15, -0.1) is 0 Å². The summed E-state index contributed by atoms with van der Waals surface area (Å²) >= 11 is 0. The highest BCUT2D eigenvalue weighted by Crippen LogP contribution is 2.15. The van der Waals surface area contributed by atoms with E-state index in [2.05, 4.69) is 10.6 Å². The molecule has 0 aliphatic carbocycles. The Bertz CT molecular complexity index is 343. The van der Waals surface area contributed by atoms with Crippen molar-refractivity contribution in [2.24, 2.45) is 0 Å². The van der Waals surface area contributed by atoms with Crippen LogP contribution < -0.4 is 10.6 Å². The lowest BCUT2D eigenvalue weighted by atomic mass is 10.0. The summed E-state index contributed by atoms with van der Waals surface area (Å²) in [6, 6.07) is -0.0274. The Hall–Kier alpha value is -1.30. The van der Waals surface area contributed by atoms with E-state index >= 15 is 0 Å². The molecule has 2 saturated heterocycles. The van der Waals surface area contributed by atoms with Crippen LogP contribution in [0, 0.1) is 0 Å². The van der Waals surface area contributed by atoms with Crippen LogP contribution in [-0.4, -0.2) is 55.2 Å². The van der Waals surface area contributed by atoms with Crippen LogP contribution in [0.2, 0.25) is 0 Å².